The molecule has 1 aliphatic carbocycles. The average molecular weight is 368 g/mol. The second-order valence-electron chi connectivity index (χ2n) is 8.07. The maximum atomic E-state index is 13.1. The van der Waals surface area contributed by atoms with Gasteiger partial charge in [0.2, 0.25) is 5.91 Å². The van der Waals surface area contributed by atoms with Gasteiger partial charge in [0.05, 0.1) is 35.4 Å². The van der Waals surface area contributed by atoms with Crippen LogP contribution in [0.4, 0.5) is 0 Å². The van der Waals surface area contributed by atoms with Crippen molar-refractivity contribution in [1.29, 1.82) is 0 Å². The number of nitrogens with one attached hydrogen (secondary N) is 2. The highest BCUT2D eigenvalue weighted by Gasteiger charge is 2.48. The Morgan fingerprint density at radius 2 is 1.96 bits per heavy atom. The molecule has 0 saturated carbocycles. The Labute approximate surface area is 157 Å². The molecule has 8 heteroatoms. The number of H-pyrrole nitrogens is 2. The van der Waals surface area contributed by atoms with Crippen LogP contribution in [0.2, 0.25) is 0 Å². The van der Waals surface area contributed by atoms with Crippen LogP contribution < -0.4 is 0 Å². The van der Waals surface area contributed by atoms with E-state index in [4.69, 9.17) is 0 Å². The van der Waals surface area contributed by atoms with Gasteiger partial charge < -0.3 is 14.8 Å². The van der Waals surface area contributed by atoms with Crippen LogP contribution in [0.25, 0.3) is 0 Å². The first-order valence-electron chi connectivity index (χ1n) is 9.67. The average Bonchev–Trinajstić information content (AvgIpc) is 3.43. The molecule has 2 N–H and O–H groups in total. The number of nitrogens with zero attached hydrogens (tertiary/aromatic N) is 4. The van der Waals surface area contributed by atoms with Crippen LogP contribution in [0, 0.1) is 19.8 Å². The number of piperazine rings is 1. The van der Waals surface area contributed by atoms with Crippen LogP contribution in [0.1, 0.15) is 46.0 Å². The van der Waals surface area contributed by atoms with Crippen molar-refractivity contribution >= 4 is 11.8 Å². The number of hydrogen-bond donors (Lipinski definition) is 2. The number of rotatable bonds is 2. The lowest BCUT2D eigenvalue weighted by molar-refractivity contribution is -0.138. The van der Waals surface area contributed by atoms with E-state index >= 15 is 0 Å². The molecule has 2 bridgehead atoms. The van der Waals surface area contributed by atoms with Crippen LogP contribution in [0.3, 0.4) is 0 Å². The largest absolute Gasteiger partial charge is 0.348 e. The Morgan fingerprint density at radius 1 is 1.19 bits per heavy atom. The van der Waals surface area contributed by atoms with Gasteiger partial charge in [-0.3, -0.25) is 14.7 Å². The van der Waals surface area contributed by atoms with E-state index in [1.165, 1.54) is 0 Å². The summed E-state index contributed by atoms with van der Waals surface area (Å²) in [5.74, 6) is 0.309. The minimum atomic E-state index is 0.0276. The molecule has 0 aromatic carbocycles. The number of likely N-dealkylation sites (tertiary alicyclic amines) is 2. The van der Waals surface area contributed by atoms with Crippen molar-refractivity contribution in [2.75, 3.05) is 13.1 Å². The molecule has 2 amide bonds. The summed E-state index contributed by atoms with van der Waals surface area (Å²) in [5, 5.41) is 7.04. The minimum absolute atomic E-state index is 0.0276. The predicted molar refractivity (Wildman–Crippen MR) is 97.1 cm³/mol. The molecule has 142 valence electrons. The molecular weight excluding hydrogens is 344 g/mol. The van der Waals surface area contributed by atoms with E-state index in [2.05, 4.69) is 20.2 Å². The van der Waals surface area contributed by atoms with E-state index in [-0.39, 0.29) is 29.8 Å². The Balaban J connectivity index is 1.28. The van der Waals surface area contributed by atoms with Gasteiger partial charge in [-0.1, -0.05) is 0 Å². The van der Waals surface area contributed by atoms with E-state index in [1.54, 1.807) is 6.33 Å². The standard InChI is InChI=1S/C19H24N6O2/c1-10-17(11(2)23-22-10)19(27)25-8-13-6-14(25)7-24(13)18(26)12-3-4-15-16(5-12)21-9-20-15/h9,12-14H,3-8H2,1-2H3,(H,20,21)(H,22,23)/t12?,13-,14-/m0/s1. The molecule has 27 heavy (non-hydrogen) atoms. The van der Waals surface area contributed by atoms with Crippen LogP contribution in [0.5, 0.6) is 0 Å². The number of amides is 2. The quantitative estimate of drug-likeness (QED) is 0.826. The number of aromatic amines is 2. The number of carbonyl (C=O) groups excluding carboxylic acids is 2. The van der Waals surface area contributed by atoms with Crippen molar-refractivity contribution in [3.05, 3.63) is 34.7 Å². The van der Waals surface area contributed by atoms with Crippen LogP contribution in [0.15, 0.2) is 6.33 Å². The van der Waals surface area contributed by atoms with E-state index in [1.807, 2.05) is 23.6 Å². The van der Waals surface area contributed by atoms with Gasteiger partial charge in [-0.05, 0) is 33.1 Å². The third kappa shape index (κ3) is 2.49. The second-order valence-corrected chi connectivity index (χ2v) is 8.07. The summed E-state index contributed by atoms with van der Waals surface area (Å²) in [6.07, 6.45) is 5.08. The van der Waals surface area contributed by atoms with Gasteiger partial charge in [-0.15, -0.1) is 0 Å². The third-order valence-corrected chi connectivity index (χ3v) is 6.46. The highest BCUT2D eigenvalue weighted by atomic mass is 16.2. The van der Waals surface area contributed by atoms with Gasteiger partial charge in [0, 0.05) is 36.8 Å². The summed E-state index contributed by atoms with van der Waals surface area (Å²) in [5.41, 5.74) is 4.44. The zero-order chi connectivity index (χ0) is 18.7. The molecular formula is C19H24N6O2. The number of carbonyl (C=O) groups is 2. The van der Waals surface area contributed by atoms with Crippen molar-refractivity contribution in [2.24, 2.45) is 5.92 Å². The molecule has 3 atom stereocenters. The van der Waals surface area contributed by atoms with Gasteiger partial charge in [0.15, 0.2) is 0 Å². The third-order valence-electron chi connectivity index (χ3n) is 6.46. The zero-order valence-electron chi connectivity index (χ0n) is 15.7. The van der Waals surface area contributed by atoms with Crippen molar-refractivity contribution in [2.45, 2.75) is 51.6 Å². The van der Waals surface area contributed by atoms with E-state index in [9.17, 15) is 9.59 Å². The highest BCUT2D eigenvalue weighted by Crippen LogP contribution is 2.35. The first-order valence-corrected chi connectivity index (χ1v) is 9.67. The Kier molecular flexibility index (Phi) is 3.63. The SMILES string of the molecule is Cc1n[nH]c(C)c1C(=O)N1C[C@@H]2C[C@H]1CN2C(=O)C1CCc2nc[nH]c2C1. The molecule has 3 aliphatic rings. The maximum absolute atomic E-state index is 13.1. The lowest BCUT2D eigenvalue weighted by Gasteiger charge is -2.36. The molecule has 5 rings (SSSR count). The summed E-state index contributed by atoms with van der Waals surface area (Å²) in [4.78, 5) is 37.5. The molecule has 0 spiro atoms. The van der Waals surface area contributed by atoms with Gasteiger partial charge in [-0.25, -0.2) is 4.98 Å². The van der Waals surface area contributed by atoms with Gasteiger partial charge in [0.25, 0.3) is 5.91 Å². The van der Waals surface area contributed by atoms with Crippen LogP contribution >= 0.6 is 0 Å². The second kappa shape index (κ2) is 5.94. The fourth-order valence-corrected chi connectivity index (χ4v) is 5.04. The highest BCUT2D eigenvalue weighted by molar-refractivity contribution is 5.97. The summed E-state index contributed by atoms with van der Waals surface area (Å²) in [6, 6.07) is 0.258. The summed E-state index contributed by atoms with van der Waals surface area (Å²) in [6.45, 7) is 5.01. The first kappa shape index (κ1) is 16.5. The Bertz CT molecular complexity index is 896. The summed E-state index contributed by atoms with van der Waals surface area (Å²) < 4.78 is 0. The molecule has 2 aromatic heterocycles. The van der Waals surface area contributed by atoms with Gasteiger partial charge >= 0.3 is 0 Å². The van der Waals surface area contributed by atoms with Crippen molar-refractivity contribution in [1.82, 2.24) is 30.0 Å². The molecule has 2 aliphatic heterocycles. The molecule has 1 unspecified atom stereocenters. The topological polar surface area (TPSA) is 98.0 Å². The number of imidazole rings is 1. The molecule has 0 radical (unpaired) electrons. The normalized spacial score (nSPS) is 26.5. The van der Waals surface area contributed by atoms with Crippen LogP contribution in [-0.2, 0) is 17.6 Å². The number of aryl methyl sites for hydroxylation is 3. The van der Waals surface area contributed by atoms with Gasteiger partial charge in [0.1, 0.15) is 0 Å². The van der Waals surface area contributed by atoms with E-state index < -0.39 is 0 Å². The molecule has 8 nitrogen and oxygen atoms in total. The number of hydrogen-bond acceptors (Lipinski definition) is 4. The molecule has 4 heterocycles. The van der Waals surface area contributed by atoms with Crippen LogP contribution in [-0.4, -0.2) is 67.0 Å². The lowest BCUT2D eigenvalue weighted by Crippen LogP contribution is -2.52. The molecule has 2 fully saturated rings. The smallest absolute Gasteiger partial charge is 0.257 e. The van der Waals surface area contributed by atoms with Crippen molar-refractivity contribution < 1.29 is 9.59 Å². The predicted octanol–water partition coefficient (Wildman–Crippen LogP) is 0.980. The minimum Gasteiger partial charge on any atom is -0.348 e. The van der Waals surface area contributed by atoms with Gasteiger partial charge in [-0.2, -0.15) is 5.10 Å². The van der Waals surface area contributed by atoms with Crippen molar-refractivity contribution in [3.8, 4) is 0 Å². The summed E-state index contributed by atoms with van der Waals surface area (Å²) >= 11 is 0. The van der Waals surface area contributed by atoms with E-state index in [0.29, 0.717) is 18.7 Å². The Morgan fingerprint density at radius 3 is 2.67 bits per heavy atom. The first-order chi connectivity index (χ1) is 13.0. The number of aromatic nitrogens is 4. The zero-order valence-corrected chi connectivity index (χ0v) is 15.7. The van der Waals surface area contributed by atoms with E-state index in [0.717, 1.165) is 48.5 Å². The summed E-state index contributed by atoms with van der Waals surface area (Å²) in [7, 11) is 0. The fraction of sp³-hybridized carbons (Fsp3) is 0.579. The fourth-order valence-electron chi connectivity index (χ4n) is 5.04. The monoisotopic (exact) mass is 368 g/mol. The van der Waals surface area contributed by atoms with Crippen molar-refractivity contribution in [3.63, 3.8) is 0 Å². The molecule has 2 saturated heterocycles. The maximum Gasteiger partial charge on any atom is 0.257 e. The Hall–Kier alpha value is -2.64. The molecule has 2 aromatic rings. The number of fused-ring (bicyclic) bond motifs is 3. The lowest BCUT2D eigenvalue weighted by atomic mass is 9.88.